The number of hydrogen-bond acceptors (Lipinski definition) is 3. The first-order valence-electron chi connectivity index (χ1n) is 9.18. The SMILES string of the molecule is C[C@@H]1CCc2c(sc(NC(=O)C(C)(C)C)c2C(=O)Nc2ccc(Cl)cc2)C1. The van der Waals surface area contributed by atoms with Crippen molar-refractivity contribution in [3.05, 3.63) is 45.3 Å². The van der Waals surface area contributed by atoms with Crippen molar-refractivity contribution < 1.29 is 9.59 Å². The molecule has 0 saturated heterocycles. The second-order valence-electron chi connectivity index (χ2n) is 8.22. The van der Waals surface area contributed by atoms with E-state index in [0.717, 1.165) is 24.8 Å². The smallest absolute Gasteiger partial charge is 0.258 e. The topological polar surface area (TPSA) is 58.2 Å². The number of fused-ring (bicyclic) bond motifs is 1. The Balaban J connectivity index is 1.94. The predicted molar refractivity (Wildman–Crippen MR) is 113 cm³/mol. The molecule has 0 spiro atoms. The molecule has 27 heavy (non-hydrogen) atoms. The standard InChI is InChI=1S/C21H25ClN2O2S/c1-12-5-10-15-16(11-12)27-19(24-20(26)21(2,3)4)17(15)18(25)23-14-8-6-13(22)7-9-14/h6-9,12H,5,10-11H2,1-4H3,(H,23,25)(H,24,26)/t12-/m1/s1. The van der Waals surface area contributed by atoms with Gasteiger partial charge in [0.1, 0.15) is 5.00 Å². The third kappa shape index (κ3) is 4.53. The molecule has 2 amide bonds. The van der Waals surface area contributed by atoms with Crippen LogP contribution in [0.2, 0.25) is 5.02 Å². The molecule has 0 bridgehead atoms. The van der Waals surface area contributed by atoms with Crippen molar-refractivity contribution in [2.75, 3.05) is 10.6 Å². The van der Waals surface area contributed by atoms with Gasteiger partial charge in [-0.1, -0.05) is 39.3 Å². The Bertz CT molecular complexity index is 866. The number of carbonyl (C=O) groups is 2. The Labute approximate surface area is 169 Å². The summed E-state index contributed by atoms with van der Waals surface area (Å²) in [6.07, 6.45) is 2.87. The lowest BCUT2D eigenvalue weighted by Gasteiger charge is -2.19. The zero-order chi connectivity index (χ0) is 19.8. The van der Waals surface area contributed by atoms with Gasteiger partial charge in [-0.15, -0.1) is 11.3 Å². The number of thiophene rings is 1. The van der Waals surface area contributed by atoms with Gasteiger partial charge in [0.15, 0.2) is 0 Å². The lowest BCUT2D eigenvalue weighted by molar-refractivity contribution is -0.123. The number of benzene rings is 1. The van der Waals surface area contributed by atoms with Crippen LogP contribution in [0.3, 0.4) is 0 Å². The Morgan fingerprint density at radius 1 is 1.15 bits per heavy atom. The zero-order valence-electron chi connectivity index (χ0n) is 16.1. The van der Waals surface area contributed by atoms with E-state index in [2.05, 4.69) is 17.6 Å². The van der Waals surface area contributed by atoms with Crippen LogP contribution in [0.15, 0.2) is 24.3 Å². The summed E-state index contributed by atoms with van der Waals surface area (Å²) in [4.78, 5) is 26.8. The van der Waals surface area contributed by atoms with Gasteiger partial charge in [-0.2, -0.15) is 0 Å². The fourth-order valence-corrected chi connectivity index (χ4v) is 4.63. The number of carbonyl (C=O) groups excluding carboxylic acids is 2. The minimum Gasteiger partial charge on any atom is -0.322 e. The molecule has 1 aliphatic carbocycles. The van der Waals surface area contributed by atoms with E-state index in [1.54, 1.807) is 24.3 Å². The fraction of sp³-hybridized carbons (Fsp3) is 0.429. The predicted octanol–water partition coefficient (Wildman–Crippen LogP) is 5.76. The lowest BCUT2D eigenvalue weighted by Crippen LogP contribution is -2.28. The van der Waals surface area contributed by atoms with Crippen LogP contribution in [-0.4, -0.2) is 11.8 Å². The summed E-state index contributed by atoms with van der Waals surface area (Å²) in [5, 5.41) is 7.21. The van der Waals surface area contributed by atoms with E-state index >= 15 is 0 Å². The Morgan fingerprint density at radius 2 is 1.81 bits per heavy atom. The highest BCUT2D eigenvalue weighted by Gasteiger charge is 2.30. The average molecular weight is 405 g/mol. The molecule has 1 aromatic carbocycles. The summed E-state index contributed by atoms with van der Waals surface area (Å²) in [5.74, 6) is 0.317. The van der Waals surface area contributed by atoms with E-state index in [1.165, 1.54) is 16.2 Å². The normalized spacial score (nSPS) is 16.6. The minimum absolute atomic E-state index is 0.0883. The molecule has 1 atom stereocenters. The number of amides is 2. The second-order valence-corrected chi connectivity index (χ2v) is 9.76. The maximum Gasteiger partial charge on any atom is 0.258 e. The fourth-order valence-electron chi connectivity index (χ4n) is 3.10. The molecule has 1 aromatic heterocycles. The first-order valence-corrected chi connectivity index (χ1v) is 10.4. The highest BCUT2D eigenvalue weighted by atomic mass is 35.5. The molecule has 0 saturated carbocycles. The van der Waals surface area contributed by atoms with Crippen LogP contribution in [0.5, 0.6) is 0 Å². The van der Waals surface area contributed by atoms with Gasteiger partial charge >= 0.3 is 0 Å². The first kappa shape index (κ1) is 19.9. The molecule has 4 nitrogen and oxygen atoms in total. The van der Waals surface area contributed by atoms with E-state index < -0.39 is 5.41 Å². The van der Waals surface area contributed by atoms with Gasteiger partial charge in [0, 0.05) is 21.0 Å². The lowest BCUT2D eigenvalue weighted by atomic mass is 9.88. The molecule has 2 N–H and O–H groups in total. The first-order chi connectivity index (χ1) is 12.6. The van der Waals surface area contributed by atoms with Crippen LogP contribution >= 0.6 is 22.9 Å². The monoisotopic (exact) mass is 404 g/mol. The average Bonchev–Trinajstić information content (AvgIpc) is 2.93. The molecular weight excluding hydrogens is 380 g/mol. The highest BCUT2D eigenvalue weighted by Crippen LogP contribution is 2.40. The van der Waals surface area contributed by atoms with Crippen LogP contribution < -0.4 is 10.6 Å². The van der Waals surface area contributed by atoms with E-state index in [4.69, 9.17) is 11.6 Å². The largest absolute Gasteiger partial charge is 0.322 e. The summed E-state index contributed by atoms with van der Waals surface area (Å²) in [7, 11) is 0. The van der Waals surface area contributed by atoms with Crippen molar-refractivity contribution >= 4 is 45.4 Å². The van der Waals surface area contributed by atoms with Crippen LogP contribution in [0.1, 0.15) is 54.9 Å². The number of anilines is 2. The molecule has 3 rings (SSSR count). The van der Waals surface area contributed by atoms with Crippen molar-refractivity contribution in [2.45, 2.75) is 47.0 Å². The molecule has 1 heterocycles. The summed E-state index contributed by atoms with van der Waals surface area (Å²) in [6, 6.07) is 7.03. The summed E-state index contributed by atoms with van der Waals surface area (Å²) < 4.78 is 0. The van der Waals surface area contributed by atoms with Gasteiger partial charge in [-0.25, -0.2) is 0 Å². The van der Waals surface area contributed by atoms with Crippen molar-refractivity contribution in [2.24, 2.45) is 11.3 Å². The highest BCUT2D eigenvalue weighted by molar-refractivity contribution is 7.17. The van der Waals surface area contributed by atoms with Gasteiger partial charge < -0.3 is 10.6 Å². The quantitative estimate of drug-likeness (QED) is 0.682. The Hall–Kier alpha value is -1.85. The van der Waals surface area contributed by atoms with Crippen molar-refractivity contribution in [1.82, 2.24) is 0 Å². The molecule has 0 fully saturated rings. The van der Waals surface area contributed by atoms with Crippen LogP contribution in [-0.2, 0) is 17.6 Å². The Kier molecular flexibility index (Phi) is 5.63. The molecular formula is C21H25ClN2O2S. The maximum atomic E-state index is 13.1. The summed E-state index contributed by atoms with van der Waals surface area (Å²) >= 11 is 7.46. The summed E-state index contributed by atoms with van der Waals surface area (Å²) in [5.41, 5.74) is 1.84. The number of halogens is 1. The number of hydrogen-bond donors (Lipinski definition) is 2. The van der Waals surface area contributed by atoms with Gasteiger partial charge in [0.25, 0.3) is 5.91 Å². The zero-order valence-corrected chi connectivity index (χ0v) is 17.7. The summed E-state index contributed by atoms with van der Waals surface area (Å²) in [6.45, 7) is 7.83. The second kappa shape index (κ2) is 7.64. The third-order valence-electron chi connectivity index (χ3n) is 4.75. The molecule has 144 valence electrons. The van der Waals surface area contributed by atoms with Crippen LogP contribution in [0.4, 0.5) is 10.7 Å². The van der Waals surface area contributed by atoms with E-state index in [0.29, 0.717) is 27.2 Å². The molecule has 0 aliphatic heterocycles. The van der Waals surface area contributed by atoms with Gasteiger partial charge in [-0.3, -0.25) is 9.59 Å². The third-order valence-corrected chi connectivity index (χ3v) is 6.17. The number of nitrogens with one attached hydrogen (secondary N) is 2. The minimum atomic E-state index is -0.526. The molecule has 1 aliphatic rings. The Morgan fingerprint density at radius 3 is 2.44 bits per heavy atom. The molecule has 6 heteroatoms. The van der Waals surface area contributed by atoms with Gasteiger partial charge in [0.05, 0.1) is 5.56 Å². The van der Waals surface area contributed by atoms with Crippen molar-refractivity contribution in [3.63, 3.8) is 0 Å². The van der Waals surface area contributed by atoms with E-state index in [1.807, 2.05) is 20.8 Å². The number of rotatable bonds is 3. The molecule has 2 aromatic rings. The van der Waals surface area contributed by atoms with Gasteiger partial charge in [-0.05, 0) is 55.0 Å². The van der Waals surface area contributed by atoms with Gasteiger partial charge in [0.2, 0.25) is 5.91 Å². The van der Waals surface area contributed by atoms with E-state index in [-0.39, 0.29) is 11.8 Å². The van der Waals surface area contributed by atoms with Crippen LogP contribution in [0, 0.1) is 11.3 Å². The van der Waals surface area contributed by atoms with Crippen LogP contribution in [0.25, 0.3) is 0 Å². The molecule has 0 radical (unpaired) electrons. The van der Waals surface area contributed by atoms with Crippen molar-refractivity contribution in [1.29, 1.82) is 0 Å². The van der Waals surface area contributed by atoms with E-state index in [9.17, 15) is 9.59 Å². The maximum absolute atomic E-state index is 13.1. The van der Waals surface area contributed by atoms with Crippen molar-refractivity contribution in [3.8, 4) is 0 Å². The molecule has 0 unspecified atom stereocenters.